The summed E-state index contributed by atoms with van der Waals surface area (Å²) in [6.45, 7) is 1.28. The van der Waals surface area contributed by atoms with E-state index in [0.717, 1.165) is 12.8 Å². The van der Waals surface area contributed by atoms with Crippen molar-refractivity contribution in [2.24, 2.45) is 5.41 Å². The van der Waals surface area contributed by atoms with Crippen LogP contribution in [0.15, 0.2) is 18.2 Å². The van der Waals surface area contributed by atoms with Gasteiger partial charge in [-0.2, -0.15) is 0 Å². The lowest BCUT2D eigenvalue weighted by Crippen LogP contribution is -2.35. The maximum absolute atomic E-state index is 13.7. The van der Waals surface area contributed by atoms with Crippen LogP contribution in [0, 0.1) is 11.2 Å². The van der Waals surface area contributed by atoms with Crippen molar-refractivity contribution in [1.82, 2.24) is 0 Å². The molecule has 0 amide bonds. The Balaban J connectivity index is 2.23. The second-order valence-corrected chi connectivity index (χ2v) is 5.05. The summed E-state index contributed by atoms with van der Waals surface area (Å²) < 4.78 is 19.0. The van der Waals surface area contributed by atoms with E-state index in [1.165, 1.54) is 6.07 Å². The minimum atomic E-state index is -0.295. The van der Waals surface area contributed by atoms with E-state index in [-0.39, 0.29) is 17.8 Å². The molecule has 1 heterocycles. The van der Waals surface area contributed by atoms with Crippen molar-refractivity contribution in [2.45, 2.75) is 19.3 Å². The highest BCUT2D eigenvalue weighted by atomic mass is 35.5. The Morgan fingerprint density at radius 3 is 2.65 bits per heavy atom. The summed E-state index contributed by atoms with van der Waals surface area (Å²) in [6, 6.07) is 4.69. The molecule has 0 aliphatic carbocycles. The minimum absolute atomic E-state index is 0.0427. The van der Waals surface area contributed by atoms with Crippen LogP contribution in [-0.4, -0.2) is 24.9 Å². The molecular formula is C13H16ClFO2. The fourth-order valence-electron chi connectivity index (χ4n) is 2.27. The predicted octanol–water partition coefficient (Wildman–Crippen LogP) is 2.81. The van der Waals surface area contributed by atoms with Gasteiger partial charge in [-0.05, 0) is 31.4 Å². The molecule has 94 valence electrons. The molecule has 1 N–H and O–H groups in total. The number of halogens is 2. The molecule has 1 saturated heterocycles. The maximum atomic E-state index is 13.7. The van der Waals surface area contributed by atoms with E-state index in [9.17, 15) is 9.50 Å². The quantitative estimate of drug-likeness (QED) is 0.903. The number of hydrogen-bond donors (Lipinski definition) is 1. The smallest absolute Gasteiger partial charge is 0.127 e. The van der Waals surface area contributed by atoms with E-state index >= 15 is 0 Å². The number of rotatable bonds is 3. The van der Waals surface area contributed by atoms with Gasteiger partial charge in [0.1, 0.15) is 5.82 Å². The van der Waals surface area contributed by atoms with Crippen molar-refractivity contribution >= 4 is 11.6 Å². The molecule has 4 heteroatoms. The summed E-state index contributed by atoms with van der Waals surface area (Å²) in [5, 5.41) is 10.00. The van der Waals surface area contributed by atoms with Crippen molar-refractivity contribution in [3.63, 3.8) is 0 Å². The molecule has 0 saturated carbocycles. The van der Waals surface area contributed by atoms with Gasteiger partial charge in [-0.3, -0.25) is 0 Å². The van der Waals surface area contributed by atoms with E-state index in [0.29, 0.717) is 30.2 Å². The third-order valence-corrected chi connectivity index (χ3v) is 3.86. The van der Waals surface area contributed by atoms with Crippen molar-refractivity contribution < 1.29 is 14.2 Å². The molecule has 1 aromatic rings. The largest absolute Gasteiger partial charge is 0.396 e. The maximum Gasteiger partial charge on any atom is 0.127 e. The lowest BCUT2D eigenvalue weighted by atomic mass is 9.76. The zero-order valence-corrected chi connectivity index (χ0v) is 10.3. The monoisotopic (exact) mass is 258 g/mol. The van der Waals surface area contributed by atoms with Crippen LogP contribution in [0.4, 0.5) is 4.39 Å². The predicted molar refractivity (Wildman–Crippen MR) is 64.7 cm³/mol. The second-order valence-electron chi connectivity index (χ2n) is 4.65. The van der Waals surface area contributed by atoms with Crippen LogP contribution < -0.4 is 0 Å². The SMILES string of the molecule is OCC1(Cc2c(F)cccc2Cl)CCOCC1. The molecule has 0 spiro atoms. The Bertz CT molecular complexity index is 369. The van der Waals surface area contributed by atoms with Gasteiger partial charge in [0.25, 0.3) is 0 Å². The molecule has 0 aromatic heterocycles. The van der Waals surface area contributed by atoms with Crippen LogP contribution in [0.1, 0.15) is 18.4 Å². The van der Waals surface area contributed by atoms with Crippen molar-refractivity contribution in [2.75, 3.05) is 19.8 Å². The van der Waals surface area contributed by atoms with E-state index in [2.05, 4.69) is 0 Å². The number of benzene rings is 1. The highest BCUT2D eigenvalue weighted by molar-refractivity contribution is 6.31. The van der Waals surface area contributed by atoms with Crippen LogP contribution >= 0.6 is 11.6 Å². The molecule has 1 aliphatic heterocycles. The molecule has 1 aliphatic rings. The van der Waals surface area contributed by atoms with Gasteiger partial charge in [0.15, 0.2) is 0 Å². The highest BCUT2D eigenvalue weighted by Crippen LogP contribution is 2.36. The van der Waals surface area contributed by atoms with Crippen molar-refractivity contribution in [3.8, 4) is 0 Å². The lowest BCUT2D eigenvalue weighted by molar-refractivity contribution is -0.0161. The summed E-state index contributed by atoms with van der Waals surface area (Å²) >= 11 is 6.01. The van der Waals surface area contributed by atoms with E-state index in [4.69, 9.17) is 16.3 Å². The molecule has 1 aromatic carbocycles. The van der Waals surface area contributed by atoms with Gasteiger partial charge in [-0.15, -0.1) is 0 Å². The van der Waals surface area contributed by atoms with Crippen LogP contribution in [0.3, 0.4) is 0 Å². The Kier molecular flexibility index (Phi) is 4.02. The molecule has 17 heavy (non-hydrogen) atoms. The molecule has 0 atom stereocenters. The van der Waals surface area contributed by atoms with Crippen molar-refractivity contribution in [3.05, 3.63) is 34.6 Å². The number of aliphatic hydroxyl groups is 1. The molecule has 0 radical (unpaired) electrons. The van der Waals surface area contributed by atoms with Gasteiger partial charge >= 0.3 is 0 Å². The summed E-state index contributed by atoms with van der Waals surface area (Å²) in [5.74, 6) is -0.295. The van der Waals surface area contributed by atoms with Gasteiger partial charge in [-0.25, -0.2) is 4.39 Å². The third kappa shape index (κ3) is 2.79. The topological polar surface area (TPSA) is 29.5 Å². The Hall–Kier alpha value is -0.640. The molecular weight excluding hydrogens is 243 g/mol. The van der Waals surface area contributed by atoms with E-state index < -0.39 is 0 Å². The lowest BCUT2D eigenvalue weighted by Gasteiger charge is -2.35. The molecule has 2 nitrogen and oxygen atoms in total. The summed E-state index contributed by atoms with van der Waals surface area (Å²) in [7, 11) is 0. The normalized spacial score (nSPS) is 19.2. The van der Waals surface area contributed by atoms with Crippen LogP contribution in [0.25, 0.3) is 0 Å². The molecule has 0 bridgehead atoms. The fraction of sp³-hybridized carbons (Fsp3) is 0.538. The highest BCUT2D eigenvalue weighted by Gasteiger charge is 2.33. The van der Waals surface area contributed by atoms with Crippen LogP contribution in [-0.2, 0) is 11.2 Å². The molecule has 1 fully saturated rings. The first-order valence-electron chi connectivity index (χ1n) is 5.78. The number of ether oxygens (including phenoxy) is 1. The molecule has 0 unspecified atom stereocenters. The number of hydrogen-bond acceptors (Lipinski definition) is 2. The summed E-state index contributed by atoms with van der Waals surface area (Å²) in [4.78, 5) is 0. The number of aliphatic hydroxyl groups excluding tert-OH is 1. The average Bonchev–Trinajstić information content (AvgIpc) is 2.35. The first-order chi connectivity index (χ1) is 8.17. The van der Waals surface area contributed by atoms with Crippen molar-refractivity contribution in [1.29, 1.82) is 0 Å². The first-order valence-corrected chi connectivity index (χ1v) is 6.16. The zero-order valence-electron chi connectivity index (χ0n) is 9.59. The van der Waals surface area contributed by atoms with E-state index in [1.807, 2.05) is 0 Å². The third-order valence-electron chi connectivity index (χ3n) is 3.50. The van der Waals surface area contributed by atoms with Crippen LogP contribution in [0.2, 0.25) is 5.02 Å². The van der Waals surface area contributed by atoms with Crippen LogP contribution in [0.5, 0.6) is 0 Å². The fourth-order valence-corrected chi connectivity index (χ4v) is 2.50. The van der Waals surface area contributed by atoms with Gasteiger partial charge in [0.05, 0.1) is 0 Å². The first kappa shape index (κ1) is 12.8. The van der Waals surface area contributed by atoms with Gasteiger partial charge in [-0.1, -0.05) is 17.7 Å². The molecule has 2 rings (SSSR count). The van der Waals surface area contributed by atoms with Gasteiger partial charge in [0, 0.05) is 35.8 Å². The van der Waals surface area contributed by atoms with E-state index in [1.54, 1.807) is 12.1 Å². The Morgan fingerprint density at radius 1 is 1.35 bits per heavy atom. The Labute approximate surface area is 105 Å². The van der Waals surface area contributed by atoms with Gasteiger partial charge < -0.3 is 9.84 Å². The summed E-state index contributed by atoms with van der Waals surface area (Å²) in [6.07, 6.45) is 1.96. The van der Waals surface area contributed by atoms with Gasteiger partial charge in [0.2, 0.25) is 0 Å². The minimum Gasteiger partial charge on any atom is -0.396 e. The average molecular weight is 259 g/mol. The second kappa shape index (κ2) is 5.34. The zero-order chi connectivity index (χ0) is 12.3. The summed E-state index contributed by atoms with van der Waals surface area (Å²) in [5.41, 5.74) is 0.217. The Morgan fingerprint density at radius 2 is 2.06 bits per heavy atom. The standard InChI is InChI=1S/C13H16ClFO2/c14-11-2-1-3-12(15)10(11)8-13(9-16)4-6-17-7-5-13/h1-3,16H,4-9H2.